The normalized spacial score (nSPS) is 17.3. The number of nitrogens with zero attached hydrogens (tertiary/aromatic N) is 4. The van der Waals surface area contributed by atoms with E-state index in [9.17, 15) is 5.11 Å². The molecule has 3 aromatic rings. The first-order valence-electron chi connectivity index (χ1n) is 8.80. The number of benzene rings is 1. The van der Waals surface area contributed by atoms with E-state index < -0.39 is 0 Å². The summed E-state index contributed by atoms with van der Waals surface area (Å²) in [5.74, 6) is 1.28. The zero-order valence-electron chi connectivity index (χ0n) is 14.8. The second-order valence-corrected chi connectivity index (χ2v) is 6.51. The highest BCUT2D eigenvalue weighted by molar-refractivity contribution is 5.36. The van der Waals surface area contributed by atoms with E-state index in [4.69, 9.17) is 4.74 Å². The van der Waals surface area contributed by atoms with Gasteiger partial charge in [-0.15, -0.1) is 0 Å². The van der Waals surface area contributed by atoms with Gasteiger partial charge in [0.1, 0.15) is 11.6 Å². The summed E-state index contributed by atoms with van der Waals surface area (Å²) in [4.78, 5) is 14.7. The van der Waals surface area contributed by atoms with Gasteiger partial charge in [-0.2, -0.15) is 0 Å². The third-order valence-corrected chi connectivity index (χ3v) is 4.89. The molecule has 1 aromatic carbocycles. The third-order valence-electron chi connectivity index (χ3n) is 4.89. The van der Waals surface area contributed by atoms with Gasteiger partial charge in [0.05, 0.1) is 31.2 Å². The molecule has 1 unspecified atom stereocenters. The van der Waals surface area contributed by atoms with Crippen LogP contribution in [0.5, 0.6) is 5.75 Å². The average Bonchev–Trinajstić information content (AvgIpc) is 3.29. The van der Waals surface area contributed by atoms with E-state index in [0.717, 1.165) is 42.3 Å². The minimum absolute atomic E-state index is 0.00956. The van der Waals surface area contributed by atoms with Crippen LogP contribution in [0.25, 0.3) is 0 Å². The van der Waals surface area contributed by atoms with Crippen LogP contribution in [0.2, 0.25) is 0 Å². The predicted octanol–water partition coefficient (Wildman–Crippen LogP) is 2.11. The molecule has 2 aromatic heterocycles. The molecule has 0 bridgehead atoms. The Balaban J connectivity index is 1.65. The highest BCUT2D eigenvalue weighted by atomic mass is 16.5. The fourth-order valence-corrected chi connectivity index (χ4v) is 3.63. The fraction of sp³-hybridized carbons (Fsp3) is 0.368. The van der Waals surface area contributed by atoms with Crippen molar-refractivity contribution >= 4 is 0 Å². The van der Waals surface area contributed by atoms with Gasteiger partial charge in [0.2, 0.25) is 0 Å². The van der Waals surface area contributed by atoms with Gasteiger partial charge in [0.25, 0.3) is 0 Å². The molecular weight excluding hydrogens is 330 g/mol. The van der Waals surface area contributed by atoms with Gasteiger partial charge in [-0.05, 0) is 17.7 Å². The van der Waals surface area contributed by atoms with E-state index in [-0.39, 0.29) is 11.8 Å². The molecule has 0 radical (unpaired) electrons. The van der Waals surface area contributed by atoms with Gasteiger partial charge >= 0.3 is 0 Å². The lowest BCUT2D eigenvalue weighted by Crippen LogP contribution is -2.36. The number of nitrogens with one attached hydrogen (secondary N) is 1. The monoisotopic (exact) mass is 353 g/mol. The predicted molar refractivity (Wildman–Crippen MR) is 96.8 cm³/mol. The first kappa shape index (κ1) is 16.8. The smallest absolute Gasteiger partial charge is 0.122 e. The van der Waals surface area contributed by atoms with E-state index in [1.165, 1.54) is 0 Å². The van der Waals surface area contributed by atoms with Crippen LogP contribution in [-0.4, -0.2) is 49.8 Å². The van der Waals surface area contributed by atoms with Gasteiger partial charge in [-0.25, -0.2) is 9.97 Å². The van der Waals surface area contributed by atoms with Gasteiger partial charge in [0, 0.05) is 44.7 Å². The molecule has 0 saturated carbocycles. The molecular formula is C19H23N5O2. The van der Waals surface area contributed by atoms with Crippen LogP contribution < -0.4 is 0 Å². The maximum absolute atomic E-state index is 9.95. The molecule has 7 nitrogen and oxygen atoms in total. The summed E-state index contributed by atoms with van der Waals surface area (Å²) in [6.07, 6.45) is 6.49. The van der Waals surface area contributed by atoms with Crippen molar-refractivity contribution < 1.29 is 9.84 Å². The van der Waals surface area contributed by atoms with E-state index >= 15 is 0 Å². The lowest BCUT2D eigenvalue weighted by Gasteiger charge is -2.35. The number of H-pyrrole nitrogens is 1. The van der Waals surface area contributed by atoms with Crippen molar-refractivity contribution in [1.29, 1.82) is 0 Å². The van der Waals surface area contributed by atoms with Crippen molar-refractivity contribution in [3.8, 4) is 5.75 Å². The maximum Gasteiger partial charge on any atom is 0.122 e. The molecule has 3 heterocycles. The Hall–Kier alpha value is -2.64. The molecule has 4 rings (SSSR count). The number of methoxy groups -OCH3 is 1. The van der Waals surface area contributed by atoms with E-state index in [0.29, 0.717) is 13.2 Å². The highest BCUT2D eigenvalue weighted by Crippen LogP contribution is 2.35. The number of phenols is 1. The summed E-state index contributed by atoms with van der Waals surface area (Å²) >= 11 is 0. The van der Waals surface area contributed by atoms with Crippen LogP contribution in [-0.2, 0) is 24.2 Å². The summed E-state index contributed by atoms with van der Waals surface area (Å²) < 4.78 is 7.32. The van der Waals surface area contributed by atoms with E-state index in [1.807, 2.05) is 30.6 Å². The molecule has 7 heteroatoms. The van der Waals surface area contributed by atoms with Gasteiger partial charge in [-0.3, -0.25) is 4.90 Å². The van der Waals surface area contributed by atoms with Crippen molar-refractivity contribution in [2.75, 3.05) is 20.3 Å². The molecule has 136 valence electrons. The van der Waals surface area contributed by atoms with Crippen molar-refractivity contribution in [2.45, 2.75) is 25.6 Å². The second kappa shape index (κ2) is 7.31. The molecule has 0 saturated heterocycles. The van der Waals surface area contributed by atoms with Crippen molar-refractivity contribution in [2.24, 2.45) is 0 Å². The number of rotatable bonds is 6. The molecule has 1 atom stereocenters. The summed E-state index contributed by atoms with van der Waals surface area (Å²) in [6.45, 7) is 3.04. The number of aromatic amines is 1. The first-order valence-corrected chi connectivity index (χ1v) is 8.80. The number of aromatic hydroxyl groups is 1. The molecule has 26 heavy (non-hydrogen) atoms. The molecule has 2 N–H and O–H groups in total. The largest absolute Gasteiger partial charge is 0.508 e. The van der Waals surface area contributed by atoms with E-state index in [2.05, 4.69) is 24.4 Å². The SMILES string of the molecule is COCCn1ccnc1CN1CCc2[nH]cnc2C1c1cccc(O)c1. The zero-order chi connectivity index (χ0) is 17.9. The van der Waals surface area contributed by atoms with Crippen LogP contribution in [0.3, 0.4) is 0 Å². The zero-order valence-corrected chi connectivity index (χ0v) is 14.8. The number of phenolic OH excluding ortho intramolecular Hbond substituents is 1. The van der Waals surface area contributed by atoms with Crippen LogP contribution in [0, 0.1) is 0 Å². The average molecular weight is 353 g/mol. The topological polar surface area (TPSA) is 79.2 Å². The Labute approximate surface area is 152 Å². The maximum atomic E-state index is 9.95. The number of hydrogen-bond acceptors (Lipinski definition) is 5. The Morgan fingerprint density at radius 3 is 3.12 bits per heavy atom. The van der Waals surface area contributed by atoms with Crippen LogP contribution in [0.15, 0.2) is 43.0 Å². The molecule has 1 aliphatic rings. The molecule has 0 aliphatic carbocycles. The molecule has 0 fully saturated rings. The van der Waals surface area contributed by atoms with Crippen LogP contribution >= 0.6 is 0 Å². The first-order chi connectivity index (χ1) is 12.8. The number of ether oxygens (including phenoxy) is 1. The summed E-state index contributed by atoms with van der Waals surface area (Å²) in [6, 6.07) is 7.42. The van der Waals surface area contributed by atoms with Crippen LogP contribution in [0.1, 0.15) is 28.8 Å². The quantitative estimate of drug-likeness (QED) is 0.709. The Kier molecular flexibility index (Phi) is 4.73. The Morgan fingerprint density at radius 2 is 2.27 bits per heavy atom. The standard InChI is InChI=1S/C19H23N5O2/c1-26-10-9-23-8-6-20-17(23)12-24-7-5-16-18(22-13-21-16)19(24)14-3-2-4-15(25)11-14/h2-4,6,8,11,13,19,25H,5,7,9-10,12H2,1H3,(H,21,22). The molecule has 1 aliphatic heterocycles. The summed E-state index contributed by atoms with van der Waals surface area (Å²) in [5, 5.41) is 9.95. The Morgan fingerprint density at radius 1 is 1.35 bits per heavy atom. The lowest BCUT2D eigenvalue weighted by molar-refractivity contribution is 0.175. The Bertz CT molecular complexity index is 872. The van der Waals surface area contributed by atoms with Crippen molar-refractivity contribution in [1.82, 2.24) is 24.4 Å². The van der Waals surface area contributed by atoms with Crippen LogP contribution in [0.4, 0.5) is 0 Å². The molecule has 0 spiro atoms. The van der Waals surface area contributed by atoms with Crippen molar-refractivity contribution in [3.63, 3.8) is 0 Å². The molecule has 0 amide bonds. The second-order valence-electron chi connectivity index (χ2n) is 6.51. The minimum atomic E-state index is -0.00956. The van der Waals surface area contributed by atoms with Gasteiger partial charge in [0.15, 0.2) is 0 Å². The number of hydrogen-bond donors (Lipinski definition) is 2. The fourth-order valence-electron chi connectivity index (χ4n) is 3.63. The van der Waals surface area contributed by atoms with Gasteiger partial charge < -0.3 is 19.4 Å². The van der Waals surface area contributed by atoms with E-state index in [1.54, 1.807) is 19.5 Å². The third kappa shape index (κ3) is 3.23. The number of aromatic nitrogens is 4. The number of imidazole rings is 2. The van der Waals surface area contributed by atoms with Gasteiger partial charge in [-0.1, -0.05) is 12.1 Å². The lowest BCUT2D eigenvalue weighted by atomic mass is 9.95. The summed E-state index contributed by atoms with van der Waals surface area (Å²) in [7, 11) is 1.71. The number of fused-ring (bicyclic) bond motifs is 1. The minimum Gasteiger partial charge on any atom is -0.508 e. The highest BCUT2D eigenvalue weighted by Gasteiger charge is 2.31. The summed E-state index contributed by atoms with van der Waals surface area (Å²) in [5.41, 5.74) is 3.22. The van der Waals surface area contributed by atoms with Crippen molar-refractivity contribution in [3.05, 3.63) is 65.8 Å².